The molecule has 0 unspecified atom stereocenters. The van der Waals surface area contributed by atoms with Crippen LogP contribution in [0.1, 0.15) is 56.6 Å². The average molecular weight is 678 g/mol. The lowest BCUT2D eigenvalue weighted by molar-refractivity contribution is -0.160. The first-order valence-corrected chi connectivity index (χ1v) is 17.0. The maximum atomic E-state index is 14.6. The molecule has 11 heteroatoms. The molecule has 6 atom stereocenters. The third-order valence-electron chi connectivity index (χ3n) is 9.57. The van der Waals surface area contributed by atoms with E-state index in [9.17, 15) is 24.3 Å². The molecule has 2 aromatic carbocycles. The van der Waals surface area contributed by atoms with Crippen LogP contribution in [0.25, 0.3) is 0 Å². The minimum Gasteiger partial charge on any atom is -0.455 e. The van der Waals surface area contributed by atoms with Crippen molar-refractivity contribution in [2.75, 3.05) is 31.1 Å². The number of rotatable bonds is 17. The van der Waals surface area contributed by atoms with Crippen LogP contribution in [0.15, 0.2) is 79.9 Å². The monoisotopic (exact) mass is 677 g/mol. The van der Waals surface area contributed by atoms with Crippen molar-refractivity contribution in [3.8, 4) is 0 Å². The first kappa shape index (κ1) is 35.3. The van der Waals surface area contributed by atoms with E-state index in [1.165, 1.54) is 0 Å². The molecule has 256 valence electrons. The molecule has 2 N–H and O–H groups in total. The van der Waals surface area contributed by atoms with E-state index in [1.54, 1.807) is 46.2 Å². The number of esters is 1. The first-order valence-electron chi connectivity index (χ1n) is 16.7. The zero-order valence-corrected chi connectivity index (χ0v) is 27.9. The topological polar surface area (TPSA) is 125 Å². The first-order chi connectivity index (χ1) is 23.2. The van der Waals surface area contributed by atoms with E-state index in [-0.39, 0.29) is 50.4 Å². The highest BCUT2D eigenvalue weighted by molar-refractivity contribution is 6.30. The van der Waals surface area contributed by atoms with Crippen molar-refractivity contribution in [1.29, 1.82) is 0 Å². The highest BCUT2D eigenvalue weighted by Crippen LogP contribution is 2.59. The third-order valence-corrected chi connectivity index (χ3v) is 9.82. The highest BCUT2D eigenvalue weighted by atomic mass is 35.5. The summed E-state index contributed by atoms with van der Waals surface area (Å²) in [4.78, 5) is 58.8. The molecule has 3 aliphatic rings. The highest BCUT2D eigenvalue weighted by Gasteiger charge is 2.75. The second kappa shape index (κ2) is 15.9. The molecule has 0 radical (unpaired) electrons. The number of nitrogens with zero attached hydrogens (tertiary/aromatic N) is 2. The number of allylic oxidation sites excluding steroid dienone is 1. The number of carbonyl (C=O) groups is 4. The number of carbonyl (C=O) groups excluding carboxylic acids is 4. The molecule has 2 bridgehead atoms. The fraction of sp³-hybridized carbons (Fsp3) is 0.459. The summed E-state index contributed by atoms with van der Waals surface area (Å²) in [5, 5.41) is 12.7. The van der Waals surface area contributed by atoms with E-state index in [1.807, 2.05) is 30.3 Å². The van der Waals surface area contributed by atoms with Gasteiger partial charge in [0.05, 0.1) is 24.5 Å². The fourth-order valence-electron chi connectivity index (χ4n) is 7.37. The molecule has 2 aromatic rings. The number of hydrogen-bond acceptors (Lipinski definition) is 7. The van der Waals surface area contributed by atoms with Gasteiger partial charge in [-0.25, -0.2) is 0 Å². The van der Waals surface area contributed by atoms with Gasteiger partial charge in [0.2, 0.25) is 11.8 Å². The number of nitrogens with one attached hydrogen (secondary N) is 1. The summed E-state index contributed by atoms with van der Waals surface area (Å²) < 4.78 is 12.7. The molecule has 3 saturated heterocycles. The van der Waals surface area contributed by atoms with Crippen molar-refractivity contribution in [1.82, 2.24) is 10.2 Å². The van der Waals surface area contributed by atoms with Gasteiger partial charge in [0.1, 0.15) is 17.7 Å². The van der Waals surface area contributed by atoms with Crippen molar-refractivity contribution in [2.24, 2.45) is 11.8 Å². The van der Waals surface area contributed by atoms with Crippen LogP contribution >= 0.6 is 11.6 Å². The van der Waals surface area contributed by atoms with Crippen LogP contribution in [0.5, 0.6) is 0 Å². The summed E-state index contributed by atoms with van der Waals surface area (Å²) in [6.07, 6.45) is 5.41. The summed E-state index contributed by atoms with van der Waals surface area (Å²) in [5.41, 5.74) is 0.0844. The molecular formula is C37H44ClN3O7. The average Bonchev–Trinajstić information content (AvgIpc) is 3.74. The SMILES string of the molecule is C=CCCC(=O)NC[C@H](OC(=O)[C@@H]1[C@@H]2CC[C@]3(O2)[C@H](C(=O)N(CC=C)c2ccc(Cl)cc2)N(CCCCCO)C(=O)[C@@H]13)c1ccccc1. The van der Waals surface area contributed by atoms with E-state index in [0.29, 0.717) is 54.8 Å². The molecule has 0 saturated carbocycles. The molecule has 10 nitrogen and oxygen atoms in total. The minimum absolute atomic E-state index is 0.0303. The zero-order valence-electron chi connectivity index (χ0n) is 27.1. The smallest absolute Gasteiger partial charge is 0.313 e. The van der Waals surface area contributed by atoms with Gasteiger partial charge in [-0.1, -0.05) is 54.1 Å². The van der Waals surface area contributed by atoms with Crippen molar-refractivity contribution >= 4 is 41.0 Å². The number of aliphatic hydroxyl groups excluding tert-OH is 1. The molecule has 3 aliphatic heterocycles. The molecule has 5 rings (SSSR count). The minimum atomic E-state index is -1.22. The van der Waals surface area contributed by atoms with Gasteiger partial charge in [-0.3, -0.25) is 19.2 Å². The van der Waals surface area contributed by atoms with Crippen LogP contribution in [0, 0.1) is 11.8 Å². The number of fused-ring (bicyclic) bond motifs is 1. The van der Waals surface area contributed by atoms with E-state index >= 15 is 0 Å². The Morgan fingerprint density at radius 1 is 1.10 bits per heavy atom. The van der Waals surface area contributed by atoms with Crippen LogP contribution in [0.4, 0.5) is 5.69 Å². The van der Waals surface area contributed by atoms with Gasteiger partial charge in [0.25, 0.3) is 5.91 Å². The van der Waals surface area contributed by atoms with Crippen molar-refractivity contribution in [2.45, 2.75) is 68.8 Å². The molecule has 3 amide bonds. The van der Waals surface area contributed by atoms with Gasteiger partial charge in [0.15, 0.2) is 0 Å². The molecule has 48 heavy (non-hydrogen) atoms. The summed E-state index contributed by atoms with van der Waals surface area (Å²) in [6.45, 7) is 8.06. The second-order valence-corrected chi connectivity index (χ2v) is 13.0. The van der Waals surface area contributed by atoms with Crippen LogP contribution in [-0.4, -0.2) is 77.7 Å². The fourth-order valence-corrected chi connectivity index (χ4v) is 7.50. The maximum Gasteiger partial charge on any atom is 0.313 e. The quantitative estimate of drug-likeness (QED) is 0.141. The van der Waals surface area contributed by atoms with E-state index in [0.717, 1.165) is 0 Å². The lowest BCUT2D eigenvalue weighted by atomic mass is 9.70. The van der Waals surface area contributed by atoms with Gasteiger partial charge < -0.3 is 29.7 Å². The second-order valence-electron chi connectivity index (χ2n) is 12.6. The lowest BCUT2D eigenvalue weighted by Gasteiger charge is -2.36. The lowest BCUT2D eigenvalue weighted by Crippen LogP contribution is -2.56. The van der Waals surface area contributed by atoms with Crippen LogP contribution in [0.2, 0.25) is 5.02 Å². The maximum absolute atomic E-state index is 14.6. The molecule has 3 heterocycles. The summed E-state index contributed by atoms with van der Waals surface area (Å²) in [7, 11) is 0. The van der Waals surface area contributed by atoms with Crippen LogP contribution in [0.3, 0.4) is 0 Å². The number of aliphatic hydroxyl groups is 1. The van der Waals surface area contributed by atoms with Crippen molar-refractivity contribution in [3.05, 3.63) is 90.5 Å². The van der Waals surface area contributed by atoms with Crippen molar-refractivity contribution in [3.63, 3.8) is 0 Å². The van der Waals surface area contributed by atoms with E-state index in [4.69, 9.17) is 21.1 Å². The van der Waals surface area contributed by atoms with E-state index in [2.05, 4.69) is 18.5 Å². The van der Waals surface area contributed by atoms with Crippen LogP contribution < -0.4 is 10.2 Å². The predicted molar refractivity (Wildman–Crippen MR) is 182 cm³/mol. The Bertz CT molecular complexity index is 1490. The Kier molecular flexibility index (Phi) is 11.7. The normalized spacial score (nSPS) is 24.5. The molecule has 3 fully saturated rings. The Hall–Kier alpha value is -3.99. The Morgan fingerprint density at radius 3 is 2.54 bits per heavy atom. The summed E-state index contributed by atoms with van der Waals surface area (Å²) in [5.74, 6) is -3.26. The number of amides is 3. The number of ether oxygens (including phenoxy) is 2. The number of hydrogen-bond donors (Lipinski definition) is 2. The van der Waals surface area contributed by atoms with Gasteiger partial charge in [0, 0.05) is 36.8 Å². The Labute approximate surface area is 286 Å². The zero-order chi connectivity index (χ0) is 34.3. The molecule has 0 aromatic heterocycles. The largest absolute Gasteiger partial charge is 0.455 e. The number of benzene rings is 2. The summed E-state index contributed by atoms with van der Waals surface area (Å²) in [6, 6.07) is 15.0. The van der Waals surface area contributed by atoms with Gasteiger partial charge in [-0.2, -0.15) is 0 Å². The van der Waals surface area contributed by atoms with Crippen molar-refractivity contribution < 1.29 is 33.8 Å². The van der Waals surface area contributed by atoms with Gasteiger partial charge in [-0.05, 0) is 68.4 Å². The Morgan fingerprint density at radius 2 is 1.85 bits per heavy atom. The molecule has 0 aliphatic carbocycles. The number of likely N-dealkylation sites (tertiary alicyclic amines) is 1. The molecular weight excluding hydrogens is 634 g/mol. The van der Waals surface area contributed by atoms with Gasteiger partial charge in [-0.15, -0.1) is 13.2 Å². The standard InChI is InChI=1S/C37H44ClN3O7/c1-3-5-14-30(43)39-24-29(25-12-8-6-9-13-25)47-36(46)31-28-19-20-37(48-28)32(31)34(44)41(22-10-7-11-23-42)33(37)35(45)40(21-4-2)27-17-15-26(38)16-18-27/h3-4,6,8-9,12-13,15-18,28-29,31-33,42H,1-2,5,7,10-11,14,19-24H2,(H,39,43)/t28-,29-,31+,32+,33-,37+/m0/s1. The third kappa shape index (κ3) is 7.21. The number of unbranched alkanes of at least 4 members (excludes halogenated alkanes) is 2. The molecule has 1 spiro atoms. The summed E-state index contributed by atoms with van der Waals surface area (Å²) >= 11 is 6.14. The van der Waals surface area contributed by atoms with E-state index < -0.39 is 41.7 Å². The Balaban J connectivity index is 1.44. The van der Waals surface area contributed by atoms with Crippen LogP contribution in [-0.2, 0) is 28.7 Å². The van der Waals surface area contributed by atoms with Gasteiger partial charge >= 0.3 is 5.97 Å². The number of anilines is 1. The number of halogens is 1. The predicted octanol–water partition coefficient (Wildman–Crippen LogP) is 4.76.